The van der Waals surface area contributed by atoms with Gasteiger partial charge in [-0.05, 0) is 49.2 Å². The average molecular weight is 316 g/mol. The molecule has 0 atom stereocenters. The summed E-state index contributed by atoms with van der Waals surface area (Å²) < 4.78 is 16.2. The fourth-order valence-corrected chi connectivity index (χ4v) is 2.02. The molecule has 23 heavy (non-hydrogen) atoms. The first-order chi connectivity index (χ1) is 11.2. The van der Waals surface area contributed by atoms with Crippen molar-refractivity contribution >= 4 is 5.97 Å². The smallest absolute Gasteiger partial charge is 0.339 e. The number of rotatable bonds is 9. The van der Waals surface area contributed by atoms with E-state index in [4.69, 9.17) is 19.3 Å². The van der Waals surface area contributed by atoms with E-state index < -0.39 is 5.97 Å². The van der Waals surface area contributed by atoms with E-state index in [1.54, 1.807) is 25.3 Å². The fourth-order valence-electron chi connectivity index (χ4n) is 2.02. The molecule has 0 aliphatic carbocycles. The van der Waals surface area contributed by atoms with Crippen LogP contribution in [-0.4, -0.2) is 31.4 Å². The quantitative estimate of drug-likeness (QED) is 0.716. The first-order valence-electron chi connectivity index (χ1n) is 7.42. The highest BCUT2D eigenvalue weighted by Crippen LogP contribution is 2.19. The molecule has 0 unspecified atom stereocenters. The number of carboxylic acids is 1. The lowest BCUT2D eigenvalue weighted by Gasteiger charge is -2.09. The normalized spacial score (nSPS) is 10.1. The molecule has 0 radical (unpaired) electrons. The van der Waals surface area contributed by atoms with Crippen LogP contribution in [0.15, 0.2) is 48.5 Å². The summed E-state index contributed by atoms with van der Waals surface area (Å²) in [5, 5.41) is 9.06. The number of aromatic carboxylic acids is 1. The van der Waals surface area contributed by atoms with E-state index in [0.29, 0.717) is 19.0 Å². The monoisotopic (exact) mass is 316 g/mol. The molecule has 5 nitrogen and oxygen atoms in total. The van der Waals surface area contributed by atoms with E-state index in [2.05, 4.69) is 0 Å². The number of benzene rings is 2. The zero-order valence-corrected chi connectivity index (χ0v) is 13.0. The molecule has 2 aromatic carbocycles. The molecule has 0 bridgehead atoms. The maximum absolute atomic E-state index is 11.1. The van der Waals surface area contributed by atoms with Crippen LogP contribution in [0.2, 0.25) is 0 Å². The van der Waals surface area contributed by atoms with Crippen molar-refractivity contribution < 1.29 is 24.1 Å². The Morgan fingerprint density at radius 3 is 2.17 bits per heavy atom. The second kappa shape index (κ2) is 8.68. The molecule has 0 amide bonds. The number of carbonyl (C=O) groups is 1. The first-order valence-corrected chi connectivity index (χ1v) is 7.42. The summed E-state index contributed by atoms with van der Waals surface area (Å²) in [4.78, 5) is 11.1. The van der Waals surface area contributed by atoms with E-state index in [-0.39, 0.29) is 5.56 Å². The van der Waals surface area contributed by atoms with E-state index in [1.165, 1.54) is 6.07 Å². The average Bonchev–Trinajstić information content (AvgIpc) is 2.58. The standard InChI is InChI=1S/C18H20O5/c1-21-14-8-10-15(11-9-14)22-12-4-5-13-23-17-7-3-2-6-16(17)18(19)20/h2-3,6-11H,4-5,12-13H2,1H3,(H,19,20). The molecule has 2 rings (SSSR count). The maximum Gasteiger partial charge on any atom is 0.339 e. The number of carboxylic acid groups (broad SMARTS) is 1. The maximum atomic E-state index is 11.1. The summed E-state index contributed by atoms with van der Waals surface area (Å²) in [7, 11) is 1.62. The zero-order chi connectivity index (χ0) is 16.5. The van der Waals surface area contributed by atoms with Gasteiger partial charge in [-0.1, -0.05) is 12.1 Å². The predicted octanol–water partition coefficient (Wildman–Crippen LogP) is 3.63. The van der Waals surface area contributed by atoms with Crippen LogP contribution in [0.1, 0.15) is 23.2 Å². The minimum atomic E-state index is -0.983. The molecule has 2 aromatic rings. The number of para-hydroxylation sites is 1. The van der Waals surface area contributed by atoms with Gasteiger partial charge in [-0.3, -0.25) is 0 Å². The molecule has 0 saturated carbocycles. The van der Waals surface area contributed by atoms with Crippen LogP contribution in [0.4, 0.5) is 0 Å². The highest BCUT2D eigenvalue weighted by atomic mass is 16.5. The van der Waals surface area contributed by atoms with Gasteiger partial charge in [0, 0.05) is 0 Å². The minimum absolute atomic E-state index is 0.182. The van der Waals surface area contributed by atoms with Crippen LogP contribution in [0.3, 0.4) is 0 Å². The zero-order valence-electron chi connectivity index (χ0n) is 13.0. The summed E-state index contributed by atoms with van der Waals surface area (Å²) in [6, 6.07) is 14.1. The van der Waals surface area contributed by atoms with Gasteiger partial charge in [-0.2, -0.15) is 0 Å². The van der Waals surface area contributed by atoms with Crippen LogP contribution in [0.25, 0.3) is 0 Å². The second-order valence-electron chi connectivity index (χ2n) is 4.88. The van der Waals surface area contributed by atoms with Crippen molar-refractivity contribution in [3.8, 4) is 17.2 Å². The van der Waals surface area contributed by atoms with Gasteiger partial charge in [-0.15, -0.1) is 0 Å². The van der Waals surface area contributed by atoms with Crippen molar-refractivity contribution in [2.75, 3.05) is 20.3 Å². The molecule has 0 spiro atoms. The molecular weight excluding hydrogens is 296 g/mol. The summed E-state index contributed by atoms with van der Waals surface area (Å²) in [5.74, 6) is 1.00. The van der Waals surface area contributed by atoms with Crippen molar-refractivity contribution in [2.24, 2.45) is 0 Å². The number of hydrogen-bond donors (Lipinski definition) is 1. The third-order valence-corrected chi connectivity index (χ3v) is 3.24. The van der Waals surface area contributed by atoms with Gasteiger partial charge in [0.15, 0.2) is 0 Å². The molecule has 122 valence electrons. The molecule has 0 fully saturated rings. The summed E-state index contributed by atoms with van der Waals surface area (Å²) in [5.41, 5.74) is 0.182. The molecule has 0 heterocycles. The third kappa shape index (κ3) is 5.21. The van der Waals surface area contributed by atoms with Gasteiger partial charge < -0.3 is 19.3 Å². The highest BCUT2D eigenvalue weighted by molar-refractivity contribution is 5.90. The number of methoxy groups -OCH3 is 1. The Morgan fingerprint density at radius 2 is 1.52 bits per heavy atom. The lowest BCUT2D eigenvalue weighted by atomic mass is 10.2. The topological polar surface area (TPSA) is 65.0 Å². The molecule has 0 aliphatic rings. The largest absolute Gasteiger partial charge is 0.497 e. The number of unbranched alkanes of at least 4 members (excludes halogenated alkanes) is 1. The predicted molar refractivity (Wildman–Crippen MR) is 86.6 cm³/mol. The van der Waals surface area contributed by atoms with E-state index in [1.807, 2.05) is 24.3 Å². The van der Waals surface area contributed by atoms with Gasteiger partial charge in [0.25, 0.3) is 0 Å². The van der Waals surface area contributed by atoms with Crippen molar-refractivity contribution in [2.45, 2.75) is 12.8 Å². The van der Waals surface area contributed by atoms with Crippen LogP contribution >= 0.6 is 0 Å². The highest BCUT2D eigenvalue weighted by Gasteiger charge is 2.09. The van der Waals surface area contributed by atoms with E-state index in [0.717, 1.165) is 24.3 Å². The second-order valence-corrected chi connectivity index (χ2v) is 4.88. The van der Waals surface area contributed by atoms with Gasteiger partial charge in [0.1, 0.15) is 22.8 Å². The molecule has 0 aliphatic heterocycles. The Kier molecular flexibility index (Phi) is 6.29. The summed E-state index contributed by atoms with van der Waals surface area (Å²) in [6.45, 7) is 1.03. The lowest BCUT2D eigenvalue weighted by Crippen LogP contribution is -2.06. The Morgan fingerprint density at radius 1 is 0.913 bits per heavy atom. The first kappa shape index (κ1) is 16.7. The lowest BCUT2D eigenvalue weighted by molar-refractivity contribution is 0.0692. The van der Waals surface area contributed by atoms with Crippen molar-refractivity contribution in [3.05, 3.63) is 54.1 Å². The Labute approximate surface area is 135 Å². The minimum Gasteiger partial charge on any atom is -0.497 e. The Balaban J connectivity index is 1.67. The SMILES string of the molecule is COc1ccc(OCCCCOc2ccccc2C(=O)O)cc1. The molecular formula is C18H20O5. The number of ether oxygens (including phenoxy) is 3. The van der Waals surface area contributed by atoms with Crippen LogP contribution in [0.5, 0.6) is 17.2 Å². The summed E-state index contributed by atoms with van der Waals surface area (Å²) >= 11 is 0. The molecule has 0 aromatic heterocycles. The number of hydrogen-bond acceptors (Lipinski definition) is 4. The fraction of sp³-hybridized carbons (Fsp3) is 0.278. The van der Waals surface area contributed by atoms with Gasteiger partial charge in [0.05, 0.1) is 20.3 Å². The summed E-state index contributed by atoms with van der Waals surface area (Å²) in [6.07, 6.45) is 1.60. The van der Waals surface area contributed by atoms with E-state index in [9.17, 15) is 4.79 Å². The Bertz CT molecular complexity index is 622. The molecule has 1 N–H and O–H groups in total. The van der Waals surface area contributed by atoms with E-state index >= 15 is 0 Å². The Hall–Kier alpha value is -2.69. The van der Waals surface area contributed by atoms with Crippen LogP contribution in [0, 0.1) is 0 Å². The third-order valence-electron chi connectivity index (χ3n) is 3.24. The van der Waals surface area contributed by atoms with Crippen molar-refractivity contribution in [1.82, 2.24) is 0 Å². The van der Waals surface area contributed by atoms with Gasteiger partial charge >= 0.3 is 5.97 Å². The molecule has 0 saturated heterocycles. The van der Waals surface area contributed by atoms with Gasteiger partial charge in [0.2, 0.25) is 0 Å². The van der Waals surface area contributed by atoms with Crippen molar-refractivity contribution in [3.63, 3.8) is 0 Å². The van der Waals surface area contributed by atoms with Crippen LogP contribution in [-0.2, 0) is 0 Å². The van der Waals surface area contributed by atoms with Crippen molar-refractivity contribution in [1.29, 1.82) is 0 Å². The van der Waals surface area contributed by atoms with Gasteiger partial charge in [-0.25, -0.2) is 4.79 Å². The van der Waals surface area contributed by atoms with Crippen LogP contribution < -0.4 is 14.2 Å². The molecule has 5 heteroatoms.